The van der Waals surface area contributed by atoms with Crippen LogP contribution in [0.2, 0.25) is 0 Å². The first kappa shape index (κ1) is 14.7. The van der Waals surface area contributed by atoms with Crippen molar-refractivity contribution in [2.75, 3.05) is 13.7 Å². The van der Waals surface area contributed by atoms with Gasteiger partial charge in [-0.15, -0.1) is 11.6 Å². The minimum Gasteiger partial charge on any atom is -0.497 e. The molecular formula is C16H16ClFO2. The fourth-order valence-corrected chi connectivity index (χ4v) is 2.24. The molecule has 0 saturated carbocycles. The number of benzene rings is 2. The number of halogens is 2. The summed E-state index contributed by atoms with van der Waals surface area (Å²) in [7, 11) is 1.50. The summed E-state index contributed by atoms with van der Waals surface area (Å²) in [6.07, 6.45) is 0. The van der Waals surface area contributed by atoms with E-state index >= 15 is 0 Å². The van der Waals surface area contributed by atoms with E-state index in [4.69, 9.17) is 21.1 Å². The topological polar surface area (TPSA) is 18.5 Å². The van der Waals surface area contributed by atoms with Gasteiger partial charge in [-0.2, -0.15) is 0 Å². The van der Waals surface area contributed by atoms with Gasteiger partial charge in [0.2, 0.25) is 0 Å². The summed E-state index contributed by atoms with van der Waals surface area (Å²) in [5, 5.41) is -0.545. The van der Waals surface area contributed by atoms with Gasteiger partial charge < -0.3 is 9.47 Å². The minimum atomic E-state index is -0.545. The van der Waals surface area contributed by atoms with E-state index in [9.17, 15) is 4.39 Å². The van der Waals surface area contributed by atoms with Crippen molar-refractivity contribution in [3.05, 3.63) is 59.4 Å². The van der Waals surface area contributed by atoms with Gasteiger partial charge in [0.05, 0.1) is 19.1 Å². The molecule has 0 N–H and O–H groups in total. The predicted molar refractivity (Wildman–Crippen MR) is 78.3 cm³/mol. The van der Waals surface area contributed by atoms with Crippen molar-refractivity contribution in [3.8, 4) is 11.5 Å². The Bertz CT molecular complexity index is 569. The first-order chi connectivity index (χ1) is 9.65. The van der Waals surface area contributed by atoms with E-state index in [2.05, 4.69) is 0 Å². The standard InChI is InChI=1S/C16H16ClFO2/c1-3-20-12-6-4-11(5-7-12)16(17)14-9-8-13(19-2)10-15(14)18/h4-10,16H,3H2,1-2H3. The Morgan fingerprint density at radius 1 is 1.10 bits per heavy atom. The highest BCUT2D eigenvalue weighted by Crippen LogP contribution is 2.32. The quantitative estimate of drug-likeness (QED) is 0.753. The van der Waals surface area contributed by atoms with Crippen LogP contribution in [-0.2, 0) is 0 Å². The van der Waals surface area contributed by atoms with Crippen molar-refractivity contribution in [3.63, 3.8) is 0 Å². The SMILES string of the molecule is CCOc1ccc(C(Cl)c2ccc(OC)cc2F)cc1. The van der Waals surface area contributed by atoms with Gasteiger partial charge in [0, 0.05) is 11.6 Å². The Labute approximate surface area is 123 Å². The zero-order chi connectivity index (χ0) is 14.5. The molecular weight excluding hydrogens is 279 g/mol. The Kier molecular flexibility index (Phi) is 4.85. The van der Waals surface area contributed by atoms with Gasteiger partial charge in [-0.05, 0) is 30.7 Å². The van der Waals surface area contributed by atoms with Gasteiger partial charge in [0.15, 0.2) is 0 Å². The Morgan fingerprint density at radius 2 is 1.75 bits per heavy atom. The monoisotopic (exact) mass is 294 g/mol. The number of rotatable bonds is 5. The van der Waals surface area contributed by atoms with Gasteiger partial charge in [-0.1, -0.05) is 18.2 Å². The maximum atomic E-state index is 14.0. The fourth-order valence-electron chi connectivity index (χ4n) is 1.92. The lowest BCUT2D eigenvalue weighted by molar-refractivity contribution is 0.340. The first-order valence-corrected chi connectivity index (χ1v) is 6.79. The number of hydrogen-bond donors (Lipinski definition) is 0. The van der Waals surface area contributed by atoms with Crippen LogP contribution < -0.4 is 9.47 Å². The van der Waals surface area contributed by atoms with E-state index < -0.39 is 5.38 Å². The molecule has 0 spiro atoms. The molecule has 0 aliphatic heterocycles. The second-order valence-corrected chi connectivity index (χ2v) is 4.69. The number of hydrogen-bond acceptors (Lipinski definition) is 2. The maximum Gasteiger partial charge on any atom is 0.131 e. The van der Waals surface area contributed by atoms with E-state index in [1.807, 2.05) is 31.2 Å². The molecule has 4 heteroatoms. The second kappa shape index (κ2) is 6.62. The van der Waals surface area contributed by atoms with Crippen LogP contribution in [0.5, 0.6) is 11.5 Å². The summed E-state index contributed by atoms with van der Waals surface area (Å²) in [4.78, 5) is 0. The van der Waals surface area contributed by atoms with Crippen LogP contribution in [0.3, 0.4) is 0 Å². The second-order valence-electron chi connectivity index (χ2n) is 4.25. The van der Waals surface area contributed by atoms with E-state index in [1.165, 1.54) is 13.2 Å². The molecule has 0 saturated heterocycles. The highest BCUT2D eigenvalue weighted by molar-refractivity contribution is 6.22. The van der Waals surface area contributed by atoms with Crippen molar-refractivity contribution >= 4 is 11.6 Å². The molecule has 2 aromatic rings. The van der Waals surface area contributed by atoms with Crippen LogP contribution in [0, 0.1) is 5.82 Å². The van der Waals surface area contributed by atoms with Gasteiger partial charge in [-0.25, -0.2) is 4.39 Å². The van der Waals surface area contributed by atoms with Crippen LogP contribution in [0.15, 0.2) is 42.5 Å². The molecule has 20 heavy (non-hydrogen) atoms. The van der Waals surface area contributed by atoms with Crippen molar-refractivity contribution in [1.29, 1.82) is 0 Å². The normalized spacial score (nSPS) is 12.0. The summed E-state index contributed by atoms with van der Waals surface area (Å²) in [6.45, 7) is 2.53. The predicted octanol–water partition coefficient (Wildman–Crippen LogP) is 4.56. The molecule has 0 radical (unpaired) electrons. The number of methoxy groups -OCH3 is 1. The molecule has 0 fully saturated rings. The van der Waals surface area contributed by atoms with Crippen molar-refractivity contribution in [2.45, 2.75) is 12.3 Å². The molecule has 0 amide bonds. The van der Waals surface area contributed by atoms with Crippen LogP contribution in [0.4, 0.5) is 4.39 Å². The lowest BCUT2D eigenvalue weighted by Gasteiger charge is -2.13. The molecule has 2 aromatic carbocycles. The molecule has 0 heterocycles. The van der Waals surface area contributed by atoms with Crippen molar-refractivity contribution < 1.29 is 13.9 Å². The third-order valence-electron chi connectivity index (χ3n) is 2.96. The molecule has 1 unspecified atom stereocenters. The summed E-state index contributed by atoms with van der Waals surface area (Å²) in [5.74, 6) is 0.871. The summed E-state index contributed by atoms with van der Waals surface area (Å²) in [6, 6.07) is 12.0. The van der Waals surface area contributed by atoms with E-state index in [0.29, 0.717) is 17.9 Å². The molecule has 0 bridgehead atoms. The highest BCUT2D eigenvalue weighted by Gasteiger charge is 2.16. The lowest BCUT2D eigenvalue weighted by Crippen LogP contribution is -1.98. The van der Waals surface area contributed by atoms with Crippen LogP contribution >= 0.6 is 11.6 Å². The zero-order valence-electron chi connectivity index (χ0n) is 11.4. The molecule has 0 aliphatic rings. The Morgan fingerprint density at radius 3 is 2.30 bits per heavy atom. The zero-order valence-corrected chi connectivity index (χ0v) is 12.2. The lowest BCUT2D eigenvalue weighted by atomic mass is 10.0. The fraction of sp³-hybridized carbons (Fsp3) is 0.250. The summed E-state index contributed by atoms with van der Waals surface area (Å²) in [5.41, 5.74) is 1.25. The van der Waals surface area contributed by atoms with E-state index in [1.54, 1.807) is 12.1 Å². The van der Waals surface area contributed by atoms with Crippen LogP contribution in [0.25, 0.3) is 0 Å². The third-order valence-corrected chi connectivity index (χ3v) is 3.45. The average molecular weight is 295 g/mol. The van der Waals surface area contributed by atoms with Gasteiger partial charge in [0.25, 0.3) is 0 Å². The van der Waals surface area contributed by atoms with E-state index in [-0.39, 0.29) is 5.82 Å². The molecule has 2 rings (SSSR count). The summed E-state index contributed by atoms with van der Waals surface area (Å²) < 4.78 is 24.3. The maximum absolute atomic E-state index is 14.0. The Balaban J connectivity index is 2.24. The number of ether oxygens (including phenoxy) is 2. The Hall–Kier alpha value is -1.74. The smallest absolute Gasteiger partial charge is 0.131 e. The molecule has 2 nitrogen and oxygen atoms in total. The summed E-state index contributed by atoms with van der Waals surface area (Å²) >= 11 is 6.34. The van der Waals surface area contributed by atoms with Crippen LogP contribution in [0.1, 0.15) is 23.4 Å². The first-order valence-electron chi connectivity index (χ1n) is 6.36. The molecule has 0 aromatic heterocycles. The van der Waals surface area contributed by atoms with Gasteiger partial charge in [-0.3, -0.25) is 0 Å². The number of alkyl halides is 1. The van der Waals surface area contributed by atoms with E-state index in [0.717, 1.165) is 11.3 Å². The highest BCUT2D eigenvalue weighted by atomic mass is 35.5. The molecule has 106 valence electrons. The van der Waals surface area contributed by atoms with Crippen molar-refractivity contribution in [2.24, 2.45) is 0 Å². The molecule has 1 atom stereocenters. The van der Waals surface area contributed by atoms with Crippen LogP contribution in [-0.4, -0.2) is 13.7 Å². The largest absolute Gasteiger partial charge is 0.497 e. The third kappa shape index (κ3) is 3.23. The minimum absolute atomic E-state index is 0.377. The molecule has 0 aliphatic carbocycles. The average Bonchev–Trinajstić information content (AvgIpc) is 2.47. The van der Waals surface area contributed by atoms with Crippen molar-refractivity contribution in [1.82, 2.24) is 0 Å². The van der Waals surface area contributed by atoms with Gasteiger partial charge in [0.1, 0.15) is 17.3 Å². The van der Waals surface area contributed by atoms with Gasteiger partial charge >= 0.3 is 0 Å².